The van der Waals surface area contributed by atoms with Gasteiger partial charge in [-0.3, -0.25) is 0 Å². The summed E-state index contributed by atoms with van der Waals surface area (Å²) in [5.41, 5.74) is 1.19. The fourth-order valence-electron chi connectivity index (χ4n) is 3.67. The van der Waals surface area contributed by atoms with Gasteiger partial charge in [-0.1, -0.05) is 27.7 Å². The van der Waals surface area contributed by atoms with E-state index in [9.17, 15) is 0 Å². The molecule has 4 heteroatoms. The Bertz CT molecular complexity index is 483. The number of rotatable bonds is 2. The van der Waals surface area contributed by atoms with E-state index in [4.69, 9.17) is 5.26 Å². The lowest BCUT2D eigenvalue weighted by Crippen LogP contribution is -2.40. The normalized spacial score (nSPS) is 21.6. The number of hydrogen-bond acceptors (Lipinski definition) is 4. The molecule has 0 aromatic carbocycles. The average molecular weight is 258 g/mol. The molecule has 1 aromatic rings. The summed E-state index contributed by atoms with van der Waals surface area (Å²) in [6.45, 7) is 9.24. The molecule has 0 radical (unpaired) electrons. The van der Waals surface area contributed by atoms with E-state index >= 15 is 0 Å². The maximum atomic E-state index is 9.10. The van der Waals surface area contributed by atoms with E-state index in [1.807, 2.05) is 0 Å². The highest BCUT2D eigenvalue weighted by atomic mass is 15.2. The Morgan fingerprint density at radius 3 is 2.47 bits per heavy atom. The van der Waals surface area contributed by atoms with Crippen molar-refractivity contribution in [3.8, 4) is 6.07 Å². The van der Waals surface area contributed by atoms with E-state index in [1.165, 1.54) is 6.42 Å². The zero-order valence-corrected chi connectivity index (χ0v) is 12.2. The monoisotopic (exact) mass is 258 g/mol. The number of anilines is 1. The lowest BCUT2D eigenvalue weighted by Gasteiger charge is -2.45. The van der Waals surface area contributed by atoms with Gasteiger partial charge < -0.3 is 5.32 Å². The first kappa shape index (κ1) is 13.8. The van der Waals surface area contributed by atoms with Gasteiger partial charge in [-0.15, -0.1) is 5.10 Å². The molecular weight excluding hydrogens is 236 g/mol. The van der Waals surface area contributed by atoms with Crippen LogP contribution in [0.5, 0.6) is 0 Å². The molecule has 0 saturated heterocycles. The molecule has 1 saturated carbocycles. The van der Waals surface area contributed by atoms with Crippen LogP contribution in [-0.2, 0) is 0 Å². The SMILES string of the molecule is CC1(C)CC(Nc2nnccc2C#N)CC(C)(C)C1. The molecule has 0 aliphatic heterocycles. The van der Waals surface area contributed by atoms with Gasteiger partial charge in [0.1, 0.15) is 6.07 Å². The number of hydrogen-bond donors (Lipinski definition) is 1. The van der Waals surface area contributed by atoms with Gasteiger partial charge >= 0.3 is 0 Å². The minimum absolute atomic E-state index is 0.314. The Morgan fingerprint density at radius 1 is 1.26 bits per heavy atom. The van der Waals surface area contributed by atoms with Gasteiger partial charge in [-0.2, -0.15) is 10.4 Å². The van der Waals surface area contributed by atoms with Crippen molar-refractivity contribution in [3.05, 3.63) is 17.8 Å². The molecule has 0 bridgehead atoms. The third-order valence-electron chi connectivity index (χ3n) is 3.74. The Morgan fingerprint density at radius 2 is 1.89 bits per heavy atom. The Balaban J connectivity index is 2.17. The maximum Gasteiger partial charge on any atom is 0.166 e. The number of nitriles is 1. The fourth-order valence-corrected chi connectivity index (χ4v) is 3.67. The third-order valence-corrected chi connectivity index (χ3v) is 3.74. The van der Waals surface area contributed by atoms with E-state index in [0.29, 0.717) is 28.3 Å². The molecule has 1 aliphatic carbocycles. The van der Waals surface area contributed by atoms with Crippen LogP contribution in [0.3, 0.4) is 0 Å². The van der Waals surface area contributed by atoms with E-state index in [-0.39, 0.29) is 0 Å². The highest BCUT2D eigenvalue weighted by molar-refractivity contribution is 5.50. The van der Waals surface area contributed by atoms with Gasteiger partial charge in [-0.05, 0) is 36.2 Å². The van der Waals surface area contributed by atoms with Crippen LogP contribution in [0.25, 0.3) is 0 Å². The summed E-state index contributed by atoms with van der Waals surface area (Å²) < 4.78 is 0. The predicted octanol–water partition coefficient (Wildman–Crippen LogP) is 3.37. The first-order chi connectivity index (χ1) is 8.81. The van der Waals surface area contributed by atoms with Crippen molar-refractivity contribution >= 4 is 5.82 Å². The lowest BCUT2D eigenvalue weighted by atomic mass is 9.63. The number of nitrogens with one attached hydrogen (secondary N) is 1. The van der Waals surface area contributed by atoms with E-state index in [1.54, 1.807) is 12.3 Å². The van der Waals surface area contributed by atoms with Crippen LogP contribution in [0.15, 0.2) is 12.3 Å². The van der Waals surface area contributed by atoms with Crippen molar-refractivity contribution in [2.24, 2.45) is 10.8 Å². The largest absolute Gasteiger partial charge is 0.365 e. The van der Waals surface area contributed by atoms with Gasteiger partial charge in [0, 0.05) is 6.04 Å². The quantitative estimate of drug-likeness (QED) is 0.883. The van der Waals surface area contributed by atoms with Gasteiger partial charge in [0.25, 0.3) is 0 Å². The topological polar surface area (TPSA) is 61.6 Å². The number of nitrogens with zero attached hydrogens (tertiary/aromatic N) is 3. The molecule has 1 N–H and O–H groups in total. The zero-order valence-electron chi connectivity index (χ0n) is 12.2. The molecule has 0 amide bonds. The van der Waals surface area contributed by atoms with Crippen molar-refractivity contribution in [1.29, 1.82) is 5.26 Å². The number of aromatic nitrogens is 2. The van der Waals surface area contributed by atoms with Crippen LogP contribution in [0.1, 0.15) is 52.5 Å². The van der Waals surface area contributed by atoms with E-state index < -0.39 is 0 Å². The average Bonchev–Trinajstić information content (AvgIpc) is 2.25. The van der Waals surface area contributed by atoms with Crippen molar-refractivity contribution in [1.82, 2.24) is 10.2 Å². The van der Waals surface area contributed by atoms with Crippen molar-refractivity contribution in [2.75, 3.05) is 5.32 Å². The highest BCUT2D eigenvalue weighted by Gasteiger charge is 2.38. The second-order valence-electron chi connectivity index (χ2n) is 7.16. The lowest BCUT2D eigenvalue weighted by molar-refractivity contribution is 0.105. The minimum atomic E-state index is 0.314. The van der Waals surface area contributed by atoms with Crippen LogP contribution in [0, 0.1) is 22.2 Å². The van der Waals surface area contributed by atoms with Crippen LogP contribution in [-0.4, -0.2) is 16.2 Å². The van der Waals surface area contributed by atoms with E-state index in [0.717, 1.165) is 12.8 Å². The van der Waals surface area contributed by atoms with Gasteiger partial charge in [0.05, 0.1) is 11.8 Å². The molecular formula is C15H22N4. The summed E-state index contributed by atoms with van der Waals surface area (Å²) in [7, 11) is 0. The maximum absolute atomic E-state index is 9.10. The highest BCUT2D eigenvalue weighted by Crippen LogP contribution is 2.46. The second-order valence-corrected chi connectivity index (χ2v) is 7.16. The molecule has 0 spiro atoms. The van der Waals surface area contributed by atoms with Gasteiger partial charge in [-0.25, -0.2) is 0 Å². The standard InChI is InChI=1S/C15H22N4/c1-14(2)7-12(8-15(3,4)10-14)18-13-11(9-16)5-6-17-19-13/h5-6,12H,7-8,10H2,1-4H3,(H,18,19). The molecule has 102 valence electrons. The Hall–Kier alpha value is -1.63. The smallest absolute Gasteiger partial charge is 0.166 e. The third kappa shape index (κ3) is 3.44. The van der Waals surface area contributed by atoms with Gasteiger partial charge in [0.15, 0.2) is 5.82 Å². The first-order valence-electron chi connectivity index (χ1n) is 6.80. The summed E-state index contributed by atoms with van der Waals surface area (Å²) in [6, 6.07) is 4.21. The van der Waals surface area contributed by atoms with Crippen molar-refractivity contribution < 1.29 is 0 Å². The molecule has 1 fully saturated rings. The van der Waals surface area contributed by atoms with E-state index in [2.05, 4.69) is 49.3 Å². The molecule has 0 atom stereocenters. The molecule has 4 nitrogen and oxygen atoms in total. The van der Waals surface area contributed by atoms with Crippen LogP contribution in [0.2, 0.25) is 0 Å². The van der Waals surface area contributed by atoms with Crippen molar-refractivity contribution in [3.63, 3.8) is 0 Å². The first-order valence-corrected chi connectivity index (χ1v) is 6.80. The summed E-state index contributed by atoms with van der Waals surface area (Å²) in [5.74, 6) is 0.614. The minimum Gasteiger partial charge on any atom is -0.365 e. The molecule has 1 aromatic heterocycles. The molecule has 1 aliphatic rings. The van der Waals surface area contributed by atoms with Crippen molar-refractivity contribution in [2.45, 2.75) is 53.0 Å². The molecule has 19 heavy (non-hydrogen) atoms. The van der Waals surface area contributed by atoms with Crippen LogP contribution >= 0.6 is 0 Å². The zero-order chi connectivity index (χ0) is 14.1. The fraction of sp³-hybridized carbons (Fsp3) is 0.667. The van der Waals surface area contributed by atoms with Crippen LogP contribution < -0.4 is 5.32 Å². The summed E-state index contributed by atoms with van der Waals surface area (Å²) >= 11 is 0. The van der Waals surface area contributed by atoms with Crippen LogP contribution in [0.4, 0.5) is 5.82 Å². The Kier molecular flexibility index (Phi) is 3.49. The molecule has 2 rings (SSSR count). The van der Waals surface area contributed by atoms with Gasteiger partial charge in [0.2, 0.25) is 0 Å². The summed E-state index contributed by atoms with van der Waals surface area (Å²) in [6.07, 6.45) is 4.97. The summed E-state index contributed by atoms with van der Waals surface area (Å²) in [5, 5.41) is 20.4. The summed E-state index contributed by atoms with van der Waals surface area (Å²) in [4.78, 5) is 0. The second kappa shape index (κ2) is 4.80. The molecule has 0 unspecified atom stereocenters. The predicted molar refractivity (Wildman–Crippen MR) is 75.6 cm³/mol. The Labute approximate surface area is 115 Å². The molecule has 1 heterocycles.